The Morgan fingerprint density at radius 2 is 1.04 bits per heavy atom. The quantitative estimate of drug-likeness (QED) is 0.274. The first-order valence-corrected chi connectivity index (χ1v) is 11.1. The molecule has 0 fully saturated rings. The third kappa shape index (κ3) is 6.09. The van der Waals surface area contributed by atoms with Crippen LogP contribution in [0.15, 0.2) is 78.9 Å². The van der Waals surface area contributed by atoms with Crippen molar-refractivity contribution in [1.29, 1.82) is 0 Å². The summed E-state index contributed by atoms with van der Waals surface area (Å²) in [4.78, 5) is 0. The molecular formula is C28H34. The van der Waals surface area contributed by atoms with E-state index in [-0.39, 0.29) is 0 Å². The number of aryl methyl sites for hydroxylation is 1. The van der Waals surface area contributed by atoms with E-state index in [1.807, 2.05) is 0 Å². The molecule has 0 saturated heterocycles. The molecular weight excluding hydrogens is 336 g/mol. The predicted molar refractivity (Wildman–Crippen MR) is 123 cm³/mol. The van der Waals surface area contributed by atoms with Gasteiger partial charge in [-0.2, -0.15) is 0 Å². The van der Waals surface area contributed by atoms with Crippen molar-refractivity contribution >= 4 is 0 Å². The maximum absolute atomic E-state index is 2.27. The van der Waals surface area contributed by atoms with E-state index >= 15 is 0 Å². The molecule has 0 heterocycles. The molecule has 3 aromatic rings. The summed E-state index contributed by atoms with van der Waals surface area (Å²) in [5.41, 5.74) is 7.25. The molecule has 0 aliphatic heterocycles. The Kier molecular flexibility index (Phi) is 8.37. The fraction of sp³-hybridized carbons (Fsp3) is 0.357. The van der Waals surface area contributed by atoms with Gasteiger partial charge >= 0.3 is 0 Å². The van der Waals surface area contributed by atoms with Crippen molar-refractivity contribution in [1.82, 2.24) is 0 Å². The second-order valence-corrected chi connectivity index (χ2v) is 7.85. The molecule has 0 N–H and O–H groups in total. The molecule has 0 amide bonds. The summed E-state index contributed by atoms with van der Waals surface area (Å²) in [7, 11) is 0. The Labute approximate surface area is 171 Å². The average Bonchev–Trinajstić information content (AvgIpc) is 3.13. The summed E-state index contributed by atoms with van der Waals surface area (Å²) in [6.07, 6.45) is 12.2. The Morgan fingerprint density at radius 1 is 0.536 bits per heavy atom. The second-order valence-electron chi connectivity index (χ2n) is 7.85. The third-order valence-corrected chi connectivity index (χ3v) is 5.62. The number of rotatable bonds is 8. The smallest absolute Gasteiger partial charge is 0.00135 e. The molecule has 3 aromatic carbocycles. The van der Waals surface area contributed by atoms with Gasteiger partial charge < -0.3 is 0 Å². The van der Waals surface area contributed by atoms with Gasteiger partial charge in [-0.3, -0.25) is 0 Å². The number of hydrogen-bond donors (Lipinski definition) is 0. The molecule has 146 valence electrons. The van der Waals surface area contributed by atoms with Gasteiger partial charge in [-0.15, -0.1) is 0 Å². The molecule has 4 rings (SSSR count). The van der Waals surface area contributed by atoms with Gasteiger partial charge in [0.25, 0.3) is 0 Å². The molecule has 0 unspecified atom stereocenters. The highest BCUT2D eigenvalue weighted by Crippen LogP contribution is 2.35. The van der Waals surface area contributed by atoms with Gasteiger partial charge in [0.1, 0.15) is 0 Å². The lowest BCUT2D eigenvalue weighted by Gasteiger charge is -2.01. The number of unbranched alkanes of at least 4 members (excludes halogenated alkanes) is 6. The van der Waals surface area contributed by atoms with Gasteiger partial charge in [0.15, 0.2) is 0 Å². The Morgan fingerprint density at radius 3 is 1.64 bits per heavy atom. The molecule has 0 aromatic heterocycles. The van der Waals surface area contributed by atoms with Gasteiger partial charge in [-0.05, 0) is 47.1 Å². The van der Waals surface area contributed by atoms with Gasteiger partial charge in [-0.1, -0.05) is 124 Å². The SMILES string of the molecule is CCCCCCCCCc1ccccc1.c1ccc2c(c1)Cc1ccccc1-2. The van der Waals surface area contributed by atoms with Crippen LogP contribution in [0.2, 0.25) is 0 Å². The van der Waals surface area contributed by atoms with Crippen LogP contribution in [-0.4, -0.2) is 0 Å². The van der Waals surface area contributed by atoms with Crippen LogP contribution in [0.25, 0.3) is 11.1 Å². The van der Waals surface area contributed by atoms with Crippen molar-refractivity contribution in [3.05, 3.63) is 95.6 Å². The topological polar surface area (TPSA) is 0 Å². The minimum absolute atomic E-state index is 1.10. The van der Waals surface area contributed by atoms with Crippen LogP contribution in [0.5, 0.6) is 0 Å². The standard InChI is InChI=1S/C15H24.C13H10/c1-2-3-4-5-6-7-9-12-15-13-10-8-11-14-15;1-3-7-12-10(5-1)9-11-6-2-4-8-13(11)12/h8,10-11,13-14H,2-7,9,12H2,1H3;1-8H,9H2. The lowest BCUT2D eigenvalue weighted by molar-refractivity contribution is 0.589. The molecule has 0 bridgehead atoms. The largest absolute Gasteiger partial charge is 0.0654 e. The molecule has 28 heavy (non-hydrogen) atoms. The number of hydrogen-bond acceptors (Lipinski definition) is 0. The van der Waals surface area contributed by atoms with Gasteiger partial charge in [-0.25, -0.2) is 0 Å². The highest BCUT2D eigenvalue weighted by Gasteiger charge is 2.15. The van der Waals surface area contributed by atoms with Crippen LogP contribution in [0.3, 0.4) is 0 Å². The maximum atomic E-state index is 2.27. The fourth-order valence-corrected chi connectivity index (χ4v) is 4.01. The molecule has 0 atom stereocenters. The van der Waals surface area contributed by atoms with Crippen molar-refractivity contribution in [2.24, 2.45) is 0 Å². The lowest BCUT2D eigenvalue weighted by atomic mass is 10.0. The summed E-state index contributed by atoms with van der Waals surface area (Å²) in [6, 6.07) is 28.1. The monoisotopic (exact) mass is 370 g/mol. The van der Waals surface area contributed by atoms with E-state index in [2.05, 4.69) is 85.8 Å². The number of fused-ring (bicyclic) bond motifs is 3. The van der Waals surface area contributed by atoms with Crippen molar-refractivity contribution in [3.8, 4) is 11.1 Å². The van der Waals surface area contributed by atoms with E-state index < -0.39 is 0 Å². The molecule has 0 spiro atoms. The van der Waals surface area contributed by atoms with Crippen molar-refractivity contribution in [3.63, 3.8) is 0 Å². The van der Waals surface area contributed by atoms with E-state index in [4.69, 9.17) is 0 Å². The Hall–Kier alpha value is -2.34. The highest BCUT2D eigenvalue weighted by atomic mass is 14.2. The summed E-state index contributed by atoms with van der Waals surface area (Å²) < 4.78 is 0. The Bertz CT molecular complexity index is 773. The minimum Gasteiger partial charge on any atom is -0.0654 e. The summed E-state index contributed by atoms with van der Waals surface area (Å²) in [5.74, 6) is 0. The van der Waals surface area contributed by atoms with Crippen molar-refractivity contribution in [2.45, 2.75) is 64.7 Å². The molecule has 0 radical (unpaired) electrons. The third-order valence-electron chi connectivity index (χ3n) is 5.62. The Balaban J connectivity index is 0.000000162. The van der Waals surface area contributed by atoms with E-state index in [0.29, 0.717) is 0 Å². The first-order chi connectivity index (χ1) is 13.9. The van der Waals surface area contributed by atoms with Gasteiger partial charge in [0.05, 0.1) is 0 Å². The summed E-state index contributed by atoms with van der Waals surface area (Å²) in [5, 5.41) is 0. The van der Waals surface area contributed by atoms with Crippen LogP contribution < -0.4 is 0 Å². The number of benzene rings is 3. The van der Waals surface area contributed by atoms with Crippen molar-refractivity contribution in [2.75, 3.05) is 0 Å². The first kappa shape index (κ1) is 20.4. The average molecular weight is 371 g/mol. The zero-order valence-electron chi connectivity index (χ0n) is 17.4. The maximum Gasteiger partial charge on any atom is -0.00135 e. The van der Waals surface area contributed by atoms with Crippen LogP contribution in [0, 0.1) is 0 Å². The van der Waals surface area contributed by atoms with E-state index in [1.165, 1.54) is 79.2 Å². The van der Waals surface area contributed by atoms with Gasteiger partial charge in [0, 0.05) is 0 Å². The van der Waals surface area contributed by atoms with E-state index in [9.17, 15) is 0 Å². The molecule has 1 aliphatic rings. The highest BCUT2D eigenvalue weighted by molar-refractivity contribution is 5.76. The van der Waals surface area contributed by atoms with Crippen LogP contribution in [-0.2, 0) is 12.8 Å². The summed E-state index contributed by atoms with van der Waals surface area (Å²) >= 11 is 0. The normalized spacial score (nSPS) is 11.3. The second kappa shape index (κ2) is 11.5. The first-order valence-electron chi connectivity index (χ1n) is 11.1. The van der Waals surface area contributed by atoms with Crippen LogP contribution in [0.1, 0.15) is 68.6 Å². The zero-order valence-corrected chi connectivity index (χ0v) is 17.4. The zero-order chi connectivity index (χ0) is 19.4. The molecule has 0 nitrogen and oxygen atoms in total. The van der Waals surface area contributed by atoms with E-state index in [1.54, 1.807) is 0 Å². The molecule has 1 aliphatic carbocycles. The van der Waals surface area contributed by atoms with E-state index in [0.717, 1.165) is 6.42 Å². The minimum atomic E-state index is 1.10. The lowest BCUT2D eigenvalue weighted by Crippen LogP contribution is -1.85. The van der Waals surface area contributed by atoms with Gasteiger partial charge in [0.2, 0.25) is 0 Å². The predicted octanol–water partition coefficient (Wildman–Crippen LogP) is 8.24. The molecule has 0 saturated carbocycles. The molecule has 0 heteroatoms. The summed E-state index contributed by atoms with van der Waals surface area (Å²) in [6.45, 7) is 2.27. The van der Waals surface area contributed by atoms with Crippen LogP contribution >= 0.6 is 0 Å². The van der Waals surface area contributed by atoms with Crippen LogP contribution in [0.4, 0.5) is 0 Å². The van der Waals surface area contributed by atoms with Crippen molar-refractivity contribution < 1.29 is 0 Å². The fourth-order valence-electron chi connectivity index (χ4n) is 4.01.